The second-order valence-corrected chi connectivity index (χ2v) is 9.59. The van der Waals surface area contributed by atoms with Gasteiger partial charge in [0.2, 0.25) is 10.0 Å². The van der Waals surface area contributed by atoms with Gasteiger partial charge in [-0.15, -0.1) is 0 Å². The van der Waals surface area contributed by atoms with Crippen LogP contribution in [0.3, 0.4) is 0 Å². The molecule has 0 aliphatic heterocycles. The van der Waals surface area contributed by atoms with E-state index < -0.39 is 34.3 Å². The van der Waals surface area contributed by atoms with E-state index in [1.54, 1.807) is 6.07 Å². The maximum absolute atomic E-state index is 13.9. The zero-order valence-electron chi connectivity index (χ0n) is 19.4. The largest absolute Gasteiger partial charge is 0.494 e. The second kappa shape index (κ2) is 11.8. The van der Waals surface area contributed by atoms with Crippen LogP contribution in [0.2, 0.25) is 0 Å². The van der Waals surface area contributed by atoms with E-state index in [2.05, 4.69) is 5.32 Å². The molecule has 0 saturated carbocycles. The summed E-state index contributed by atoms with van der Waals surface area (Å²) in [6, 6.07) is 8.13. The number of nitrogens with zero attached hydrogens (tertiary/aromatic N) is 2. The summed E-state index contributed by atoms with van der Waals surface area (Å²) in [5.74, 6) is -1.96. The zero-order valence-corrected chi connectivity index (χ0v) is 20.2. The standard InChI is InChI=1S/C22H28FN3O7S/c1-25(2)34(30,31)16-6-7-19(24-9-10-27)17(12-16)22(29)33-14-21(28)26(3)13-15-5-8-20(32-4)18(23)11-15/h5-8,11-12,24,27H,9-10,13-14H2,1-4H3. The van der Waals surface area contributed by atoms with Crippen LogP contribution in [0.15, 0.2) is 41.3 Å². The Hall–Kier alpha value is -3.22. The fraction of sp³-hybridized carbons (Fsp3) is 0.364. The number of hydrogen-bond donors (Lipinski definition) is 2. The third-order valence-electron chi connectivity index (χ3n) is 4.81. The molecule has 0 atom stereocenters. The number of aliphatic hydroxyl groups is 1. The second-order valence-electron chi connectivity index (χ2n) is 7.44. The number of rotatable bonds is 11. The molecule has 10 nitrogen and oxygen atoms in total. The van der Waals surface area contributed by atoms with Crippen molar-refractivity contribution in [1.82, 2.24) is 9.21 Å². The molecular formula is C22H28FN3O7S. The molecule has 34 heavy (non-hydrogen) atoms. The van der Waals surface area contributed by atoms with Gasteiger partial charge in [0, 0.05) is 39.9 Å². The predicted molar refractivity (Wildman–Crippen MR) is 123 cm³/mol. The van der Waals surface area contributed by atoms with E-state index in [1.807, 2.05) is 0 Å². The Labute approximate surface area is 197 Å². The predicted octanol–water partition coefficient (Wildman–Crippen LogP) is 1.30. The van der Waals surface area contributed by atoms with Crippen molar-refractivity contribution in [3.05, 3.63) is 53.3 Å². The van der Waals surface area contributed by atoms with Gasteiger partial charge >= 0.3 is 5.97 Å². The highest BCUT2D eigenvalue weighted by molar-refractivity contribution is 7.89. The number of sulfonamides is 1. The Morgan fingerprint density at radius 2 is 1.82 bits per heavy atom. The van der Waals surface area contributed by atoms with E-state index in [0.29, 0.717) is 5.56 Å². The average molecular weight is 498 g/mol. The maximum Gasteiger partial charge on any atom is 0.340 e. The Bertz CT molecular complexity index is 1140. The number of methoxy groups -OCH3 is 1. The smallest absolute Gasteiger partial charge is 0.340 e. The molecule has 186 valence electrons. The third kappa shape index (κ3) is 6.65. The normalized spacial score (nSPS) is 11.3. The Kier molecular flexibility index (Phi) is 9.36. The van der Waals surface area contributed by atoms with E-state index in [1.165, 1.54) is 57.4 Å². The number of carbonyl (C=O) groups excluding carboxylic acids is 2. The number of halogens is 1. The van der Waals surface area contributed by atoms with Crippen molar-refractivity contribution in [1.29, 1.82) is 0 Å². The fourth-order valence-corrected chi connectivity index (χ4v) is 3.82. The number of aliphatic hydroxyl groups excluding tert-OH is 1. The Morgan fingerprint density at radius 1 is 1.12 bits per heavy atom. The van der Waals surface area contributed by atoms with Gasteiger partial charge in [-0.2, -0.15) is 0 Å². The molecule has 0 saturated heterocycles. The molecule has 0 heterocycles. The molecule has 1 amide bonds. The molecule has 12 heteroatoms. The first-order valence-electron chi connectivity index (χ1n) is 10.2. The summed E-state index contributed by atoms with van der Waals surface area (Å²) in [7, 11) is 1.70. The molecule has 0 unspecified atom stereocenters. The Balaban J connectivity index is 2.13. The lowest BCUT2D eigenvalue weighted by atomic mass is 10.1. The summed E-state index contributed by atoms with van der Waals surface area (Å²) in [6.45, 7) is -0.656. The molecule has 2 rings (SSSR count). The van der Waals surface area contributed by atoms with Crippen LogP contribution in [0.4, 0.5) is 10.1 Å². The van der Waals surface area contributed by atoms with Gasteiger partial charge in [-0.25, -0.2) is 21.9 Å². The molecular weight excluding hydrogens is 469 g/mol. The Morgan fingerprint density at radius 3 is 2.41 bits per heavy atom. The van der Waals surface area contributed by atoms with Crippen LogP contribution in [0.25, 0.3) is 0 Å². The highest BCUT2D eigenvalue weighted by Crippen LogP contribution is 2.23. The minimum Gasteiger partial charge on any atom is -0.494 e. The average Bonchev–Trinajstić information content (AvgIpc) is 2.80. The van der Waals surface area contributed by atoms with Gasteiger partial charge in [0.15, 0.2) is 18.2 Å². The number of carbonyl (C=O) groups is 2. The highest BCUT2D eigenvalue weighted by Gasteiger charge is 2.23. The molecule has 0 aliphatic rings. The number of esters is 1. The van der Waals surface area contributed by atoms with Gasteiger partial charge in [0.25, 0.3) is 5.91 Å². The molecule has 0 aromatic heterocycles. The topological polar surface area (TPSA) is 125 Å². The van der Waals surface area contributed by atoms with Crippen molar-refractivity contribution in [2.45, 2.75) is 11.4 Å². The number of amides is 1. The van der Waals surface area contributed by atoms with E-state index >= 15 is 0 Å². The van der Waals surface area contributed by atoms with Crippen molar-refractivity contribution in [3.8, 4) is 5.75 Å². The first-order chi connectivity index (χ1) is 16.0. The van der Waals surface area contributed by atoms with Crippen molar-refractivity contribution >= 4 is 27.6 Å². The summed E-state index contributed by atoms with van der Waals surface area (Å²) in [5.41, 5.74) is 0.646. The summed E-state index contributed by atoms with van der Waals surface area (Å²) < 4.78 is 49.7. The van der Waals surface area contributed by atoms with Crippen LogP contribution in [0, 0.1) is 5.82 Å². The van der Waals surface area contributed by atoms with Crippen LogP contribution in [-0.4, -0.2) is 82.6 Å². The minimum atomic E-state index is -3.82. The zero-order chi connectivity index (χ0) is 25.5. The van der Waals surface area contributed by atoms with Crippen LogP contribution in [0.1, 0.15) is 15.9 Å². The molecule has 0 aliphatic carbocycles. The van der Waals surface area contributed by atoms with Crippen LogP contribution >= 0.6 is 0 Å². The van der Waals surface area contributed by atoms with E-state index in [4.69, 9.17) is 14.6 Å². The third-order valence-corrected chi connectivity index (χ3v) is 6.62. The first-order valence-corrected chi connectivity index (χ1v) is 11.6. The minimum absolute atomic E-state index is 0.0666. The maximum atomic E-state index is 13.9. The summed E-state index contributed by atoms with van der Waals surface area (Å²) in [5, 5.41) is 11.9. The van der Waals surface area contributed by atoms with Gasteiger partial charge < -0.3 is 24.8 Å². The van der Waals surface area contributed by atoms with Gasteiger partial charge in [-0.1, -0.05) is 6.07 Å². The number of hydrogen-bond acceptors (Lipinski definition) is 8. The molecule has 2 aromatic carbocycles. The summed E-state index contributed by atoms with van der Waals surface area (Å²) in [4.78, 5) is 26.3. The molecule has 2 aromatic rings. The molecule has 0 radical (unpaired) electrons. The summed E-state index contributed by atoms with van der Waals surface area (Å²) >= 11 is 0. The lowest BCUT2D eigenvalue weighted by Gasteiger charge is -2.18. The molecule has 0 spiro atoms. The van der Waals surface area contributed by atoms with Crippen LogP contribution < -0.4 is 10.1 Å². The van der Waals surface area contributed by atoms with Crippen molar-refractivity contribution in [2.75, 3.05) is 53.3 Å². The lowest BCUT2D eigenvalue weighted by Crippen LogP contribution is -2.31. The van der Waals surface area contributed by atoms with Gasteiger partial charge in [-0.3, -0.25) is 4.79 Å². The van der Waals surface area contributed by atoms with E-state index in [-0.39, 0.29) is 41.6 Å². The highest BCUT2D eigenvalue weighted by atomic mass is 32.2. The van der Waals surface area contributed by atoms with Crippen LogP contribution in [0.5, 0.6) is 5.75 Å². The number of benzene rings is 2. The number of anilines is 1. The van der Waals surface area contributed by atoms with Crippen molar-refractivity contribution in [2.24, 2.45) is 0 Å². The quantitative estimate of drug-likeness (QED) is 0.445. The molecule has 0 fully saturated rings. The van der Waals surface area contributed by atoms with Gasteiger partial charge in [-0.05, 0) is 35.9 Å². The lowest BCUT2D eigenvalue weighted by molar-refractivity contribution is -0.133. The number of likely N-dealkylation sites (N-methyl/N-ethyl adjacent to an activating group) is 1. The fourth-order valence-electron chi connectivity index (χ4n) is 2.89. The number of ether oxygens (including phenoxy) is 2. The van der Waals surface area contributed by atoms with Gasteiger partial charge in [0.05, 0.1) is 24.2 Å². The SMILES string of the molecule is COc1ccc(CN(C)C(=O)COC(=O)c2cc(S(=O)(=O)N(C)C)ccc2NCCO)cc1F. The monoisotopic (exact) mass is 497 g/mol. The van der Waals surface area contributed by atoms with E-state index in [9.17, 15) is 22.4 Å². The molecule has 0 bridgehead atoms. The first kappa shape index (κ1) is 27.0. The summed E-state index contributed by atoms with van der Waals surface area (Å²) in [6.07, 6.45) is 0. The van der Waals surface area contributed by atoms with Gasteiger partial charge in [0.1, 0.15) is 0 Å². The van der Waals surface area contributed by atoms with E-state index in [0.717, 1.165) is 10.4 Å². The number of nitrogens with one attached hydrogen (secondary N) is 1. The van der Waals surface area contributed by atoms with Crippen molar-refractivity contribution in [3.63, 3.8) is 0 Å². The molecule has 2 N–H and O–H groups in total. The van der Waals surface area contributed by atoms with Crippen LogP contribution in [-0.2, 0) is 26.1 Å². The van der Waals surface area contributed by atoms with Crippen molar-refractivity contribution < 1.29 is 37.0 Å².